The van der Waals surface area contributed by atoms with Crippen LogP contribution in [0.25, 0.3) is 0 Å². The van der Waals surface area contributed by atoms with Crippen molar-refractivity contribution in [1.82, 2.24) is 10.3 Å². The van der Waals surface area contributed by atoms with Crippen LogP contribution in [0, 0.1) is 6.92 Å². The summed E-state index contributed by atoms with van der Waals surface area (Å²) in [7, 11) is 0. The number of nitrogens with zero attached hydrogens (tertiary/aromatic N) is 1. The van der Waals surface area contributed by atoms with E-state index in [0.29, 0.717) is 0 Å². The van der Waals surface area contributed by atoms with Gasteiger partial charge in [0.25, 0.3) is 0 Å². The molecule has 0 bridgehead atoms. The minimum Gasteiger partial charge on any atom is -0.361 e. The molecule has 0 amide bonds. The average Bonchev–Trinajstić information content (AvgIpc) is 2.85. The van der Waals surface area contributed by atoms with Gasteiger partial charge in [0.1, 0.15) is 5.76 Å². The molecular formula is C16H28N2O3. The Kier molecular flexibility index (Phi) is 6.21. The van der Waals surface area contributed by atoms with E-state index in [-0.39, 0.29) is 23.9 Å². The summed E-state index contributed by atoms with van der Waals surface area (Å²) in [5.74, 6) is 0.949. The molecule has 2 aromatic heterocycles. The lowest BCUT2D eigenvalue weighted by atomic mass is 9.93. The van der Waals surface area contributed by atoms with E-state index in [2.05, 4.69) is 35.6 Å². The van der Waals surface area contributed by atoms with Crippen molar-refractivity contribution in [2.24, 2.45) is 0 Å². The van der Waals surface area contributed by atoms with Crippen molar-refractivity contribution in [3.05, 3.63) is 39.7 Å². The first-order valence-electron chi connectivity index (χ1n) is 6.63. The quantitative estimate of drug-likeness (QED) is 0.791. The van der Waals surface area contributed by atoms with Gasteiger partial charge in [-0.25, -0.2) is 9.95 Å². The zero-order valence-corrected chi connectivity index (χ0v) is 13.3. The molecule has 0 saturated carbocycles. The summed E-state index contributed by atoms with van der Waals surface area (Å²) in [5.41, 5.74) is 1.51. The third-order valence-electron chi connectivity index (χ3n) is 2.70. The Morgan fingerprint density at radius 2 is 1.62 bits per heavy atom. The van der Waals surface area contributed by atoms with Crippen molar-refractivity contribution < 1.29 is 9.05 Å². The van der Waals surface area contributed by atoms with Crippen LogP contribution in [0.1, 0.15) is 66.1 Å². The van der Waals surface area contributed by atoms with Gasteiger partial charge in [-0.1, -0.05) is 54.1 Å². The Labute approximate surface area is 126 Å². The van der Waals surface area contributed by atoms with E-state index >= 15 is 0 Å². The van der Waals surface area contributed by atoms with E-state index in [1.165, 1.54) is 6.07 Å². The fourth-order valence-electron chi connectivity index (χ4n) is 1.37. The van der Waals surface area contributed by atoms with E-state index in [4.69, 9.17) is 4.52 Å². The van der Waals surface area contributed by atoms with E-state index in [9.17, 15) is 4.79 Å². The SMILES string of the molecule is C.CC(C)(C)c1cc(=O)o[nH]1.Cc1cc(C(C)(C)C)on1. The number of hydrogen-bond donors (Lipinski definition) is 1. The number of aromatic nitrogens is 2. The second-order valence-corrected chi connectivity index (χ2v) is 6.91. The van der Waals surface area contributed by atoms with Crippen LogP contribution in [0.2, 0.25) is 0 Å². The summed E-state index contributed by atoms with van der Waals surface area (Å²) in [6, 6.07) is 3.44. The van der Waals surface area contributed by atoms with Gasteiger partial charge in [0.2, 0.25) is 0 Å². The second-order valence-electron chi connectivity index (χ2n) is 6.91. The number of aryl methyl sites for hydroxylation is 1. The molecule has 1 N–H and O–H groups in total. The highest BCUT2D eigenvalue weighted by molar-refractivity contribution is 5.11. The first-order valence-corrected chi connectivity index (χ1v) is 6.63. The summed E-state index contributed by atoms with van der Waals surface area (Å²) in [5, 5.41) is 6.37. The fraction of sp³-hybridized carbons (Fsp3) is 0.625. The molecule has 0 fully saturated rings. The lowest BCUT2D eigenvalue weighted by Gasteiger charge is -2.13. The van der Waals surface area contributed by atoms with Gasteiger partial charge in [0, 0.05) is 23.0 Å². The number of H-pyrrole nitrogens is 1. The summed E-state index contributed by atoms with van der Waals surface area (Å²) < 4.78 is 9.59. The average molecular weight is 296 g/mol. The molecule has 0 aromatic carbocycles. The van der Waals surface area contributed by atoms with E-state index in [1.54, 1.807) is 0 Å². The van der Waals surface area contributed by atoms with Crippen LogP contribution in [0.15, 0.2) is 26.0 Å². The molecule has 21 heavy (non-hydrogen) atoms. The highest BCUT2D eigenvalue weighted by atomic mass is 16.5. The summed E-state index contributed by atoms with van der Waals surface area (Å²) in [6.07, 6.45) is 0. The highest BCUT2D eigenvalue weighted by Gasteiger charge is 2.18. The zero-order chi connectivity index (χ0) is 15.6. The lowest BCUT2D eigenvalue weighted by Crippen LogP contribution is -2.11. The number of nitrogens with one attached hydrogen (secondary N) is 1. The fourth-order valence-corrected chi connectivity index (χ4v) is 1.37. The maximum atomic E-state index is 10.5. The molecule has 2 rings (SSSR count). The molecular weight excluding hydrogens is 268 g/mol. The maximum Gasteiger partial charge on any atom is 0.357 e. The predicted molar refractivity (Wildman–Crippen MR) is 84.7 cm³/mol. The van der Waals surface area contributed by atoms with Crippen molar-refractivity contribution in [2.45, 2.75) is 66.7 Å². The minimum atomic E-state index is -0.315. The number of aromatic amines is 1. The second kappa shape index (κ2) is 6.78. The first kappa shape index (κ1) is 19.2. The van der Waals surface area contributed by atoms with E-state index in [1.807, 2.05) is 33.8 Å². The van der Waals surface area contributed by atoms with Gasteiger partial charge in [-0.2, -0.15) is 0 Å². The smallest absolute Gasteiger partial charge is 0.357 e. The van der Waals surface area contributed by atoms with Gasteiger partial charge in [-0.3, -0.25) is 0 Å². The van der Waals surface area contributed by atoms with E-state index in [0.717, 1.165) is 17.1 Å². The van der Waals surface area contributed by atoms with Gasteiger partial charge >= 0.3 is 5.63 Å². The van der Waals surface area contributed by atoms with Gasteiger partial charge in [-0.15, -0.1) is 0 Å². The van der Waals surface area contributed by atoms with Crippen molar-refractivity contribution in [3.63, 3.8) is 0 Å². The molecule has 0 atom stereocenters. The Morgan fingerprint density at radius 1 is 1.05 bits per heavy atom. The molecule has 0 aliphatic rings. The lowest BCUT2D eigenvalue weighted by molar-refractivity contribution is 0.327. The molecule has 0 aliphatic heterocycles. The third kappa shape index (κ3) is 6.02. The highest BCUT2D eigenvalue weighted by Crippen LogP contribution is 2.22. The Balaban J connectivity index is 0.000000364. The van der Waals surface area contributed by atoms with Crippen molar-refractivity contribution in [2.75, 3.05) is 0 Å². The maximum absolute atomic E-state index is 10.5. The Bertz CT molecular complexity index is 592. The van der Waals surface area contributed by atoms with Gasteiger partial charge in [0.05, 0.1) is 11.4 Å². The van der Waals surface area contributed by atoms with Crippen LogP contribution < -0.4 is 5.63 Å². The molecule has 0 spiro atoms. The van der Waals surface area contributed by atoms with Crippen molar-refractivity contribution in [1.29, 1.82) is 0 Å². The monoisotopic (exact) mass is 296 g/mol. The predicted octanol–water partition coefficient (Wildman–Crippen LogP) is 4.18. The molecule has 5 nitrogen and oxygen atoms in total. The summed E-state index contributed by atoms with van der Waals surface area (Å²) in [6.45, 7) is 14.3. The number of rotatable bonds is 0. The third-order valence-corrected chi connectivity index (χ3v) is 2.70. The Morgan fingerprint density at radius 3 is 1.81 bits per heavy atom. The molecule has 2 aromatic rings. The van der Waals surface area contributed by atoms with Crippen LogP contribution in [0.4, 0.5) is 0 Å². The van der Waals surface area contributed by atoms with Crippen LogP contribution in [0.5, 0.6) is 0 Å². The van der Waals surface area contributed by atoms with Crippen LogP contribution in [0.3, 0.4) is 0 Å². The number of hydrogen-bond acceptors (Lipinski definition) is 4. The molecule has 2 heterocycles. The normalized spacial score (nSPS) is 11.4. The van der Waals surface area contributed by atoms with Crippen LogP contribution >= 0.6 is 0 Å². The minimum absolute atomic E-state index is 0. The van der Waals surface area contributed by atoms with Crippen LogP contribution in [-0.2, 0) is 10.8 Å². The summed E-state index contributed by atoms with van der Waals surface area (Å²) >= 11 is 0. The molecule has 0 saturated heterocycles. The zero-order valence-electron chi connectivity index (χ0n) is 13.3. The van der Waals surface area contributed by atoms with Gasteiger partial charge in [-0.05, 0) is 6.92 Å². The molecule has 0 radical (unpaired) electrons. The molecule has 120 valence electrons. The Hall–Kier alpha value is -1.78. The molecule has 5 heteroatoms. The van der Waals surface area contributed by atoms with Crippen molar-refractivity contribution in [3.8, 4) is 0 Å². The standard InChI is InChI=1S/C8H13NO.C7H11NO2.CH4/c1-6-5-7(10-9-6)8(2,3)4;1-7(2,3)5-4-6(9)10-8-5;/h5H,1-4H3;4,8H,1-3H3;1H4. The first-order chi connectivity index (χ1) is 9.00. The van der Waals surface area contributed by atoms with Crippen molar-refractivity contribution >= 4 is 0 Å². The van der Waals surface area contributed by atoms with E-state index < -0.39 is 0 Å². The largest absolute Gasteiger partial charge is 0.361 e. The van der Waals surface area contributed by atoms with Gasteiger partial charge in [0.15, 0.2) is 0 Å². The van der Waals surface area contributed by atoms with Crippen LogP contribution in [-0.4, -0.2) is 10.3 Å². The van der Waals surface area contributed by atoms with Gasteiger partial charge < -0.3 is 9.05 Å². The topological polar surface area (TPSA) is 72.0 Å². The molecule has 0 unspecified atom stereocenters. The summed E-state index contributed by atoms with van der Waals surface area (Å²) in [4.78, 5) is 10.5. The molecule has 0 aliphatic carbocycles.